The maximum absolute atomic E-state index is 5.32. The monoisotopic (exact) mass is 271 g/mol. The number of hydrogen-bond donors (Lipinski definition) is 1. The van der Waals surface area contributed by atoms with E-state index in [1.54, 1.807) is 6.07 Å². The van der Waals surface area contributed by atoms with Crippen LogP contribution in [0.1, 0.15) is 5.82 Å². The quantitative estimate of drug-likeness (QED) is 0.890. The van der Waals surface area contributed by atoms with E-state index in [1.807, 2.05) is 19.1 Å². The van der Waals surface area contributed by atoms with E-state index in [1.165, 1.54) is 0 Å². The van der Waals surface area contributed by atoms with E-state index in [2.05, 4.69) is 36.6 Å². The van der Waals surface area contributed by atoms with Crippen molar-refractivity contribution in [3.63, 3.8) is 0 Å². The van der Waals surface area contributed by atoms with Gasteiger partial charge in [-0.25, -0.2) is 9.97 Å². The number of rotatable bonds is 3. The van der Waals surface area contributed by atoms with E-state index in [0.29, 0.717) is 17.5 Å². The molecule has 103 valence electrons. The summed E-state index contributed by atoms with van der Waals surface area (Å²) in [6.45, 7) is 4.98. The lowest BCUT2D eigenvalue weighted by Gasteiger charge is -2.27. The van der Waals surface area contributed by atoms with Crippen LogP contribution in [0, 0.1) is 13.1 Å². The zero-order chi connectivity index (χ0) is 13.8. The molecule has 7 heteroatoms. The lowest BCUT2D eigenvalue weighted by molar-refractivity contribution is 0.122. The second-order valence-electron chi connectivity index (χ2n) is 4.43. The maximum Gasteiger partial charge on any atom is 0.154 e. The van der Waals surface area contributed by atoms with Crippen molar-refractivity contribution in [3.05, 3.63) is 30.2 Å². The molecule has 3 heterocycles. The summed E-state index contributed by atoms with van der Waals surface area (Å²) in [6, 6.07) is 5.50. The largest absolute Gasteiger partial charge is 0.378 e. The molecule has 7 nitrogen and oxygen atoms in total. The molecule has 0 amide bonds. The maximum atomic E-state index is 5.32. The van der Waals surface area contributed by atoms with Crippen LogP contribution < -0.4 is 10.2 Å². The van der Waals surface area contributed by atoms with Gasteiger partial charge in [-0.3, -0.25) is 0 Å². The predicted molar refractivity (Wildman–Crippen MR) is 74.0 cm³/mol. The predicted octanol–water partition coefficient (Wildman–Crippen LogP) is 0.955. The Morgan fingerprint density at radius 1 is 1.20 bits per heavy atom. The van der Waals surface area contributed by atoms with Crippen LogP contribution in [-0.2, 0) is 4.74 Å². The number of aryl methyl sites for hydroxylation is 1. The van der Waals surface area contributed by atoms with Crippen molar-refractivity contribution in [2.24, 2.45) is 0 Å². The molecule has 2 aromatic heterocycles. The summed E-state index contributed by atoms with van der Waals surface area (Å²) in [4.78, 5) is 10.3. The second-order valence-corrected chi connectivity index (χ2v) is 4.43. The number of nitrogens with one attached hydrogen (secondary N) is 1. The molecule has 0 spiro atoms. The van der Waals surface area contributed by atoms with Crippen LogP contribution in [0.3, 0.4) is 0 Å². The van der Waals surface area contributed by atoms with Gasteiger partial charge >= 0.3 is 0 Å². The molecule has 0 aliphatic carbocycles. The first-order valence-corrected chi connectivity index (χ1v) is 6.46. The molecule has 0 aromatic carbocycles. The van der Waals surface area contributed by atoms with Crippen molar-refractivity contribution < 1.29 is 4.74 Å². The molecule has 0 atom stereocenters. The third kappa shape index (κ3) is 3.00. The SMILES string of the molecule is Cc1n[c]cc(Nc2ccc(N3CCOCC3)nn2)n1. The summed E-state index contributed by atoms with van der Waals surface area (Å²) < 4.78 is 5.32. The molecule has 1 N–H and O–H groups in total. The Kier molecular flexibility index (Phi) is 3.69. The van der Waals surface area contributed by atoms with Gasteiger partial charge in [0.1, 0.15) is 11.6 Å². The molecular formula is C13H15N6O. The molecule has 0 bridgehead atoms. The molecule has 1 saturated heterocycles. The van der Waals surface area contributed by atoms with Crippen LogP contribution >= 0.6 is 0 Å². The van der Waals surface area contributed by atoms with Crippen molar-refractivity contribution >= 4 is 17.5 Å². The fraction of sp³-hybridized carbons (Fsp3) is 0.385. The lowest BCUT2D eigenvalue weighted by atomic mass is 10.4. The standard InChI is InChI=1S/C13H15N6O/c1-10-14-5-4-11(15-10)16-12-2-3-13(18-17-12)19-6-8-20-9-7-19/h2-4H,6-9H2,1H3,(H,14,15,16,17). The van der Waals surface area contributed by atoms with Gasteiger partial charge in [0.25, 0.3) is 0 Å². The van der Waals surface area contributed by atoms with Crippen molar-refractivity contribution in [3.8, 4) is 0 Å². The van der Waals surface area contributed by atoms with E-state index in [-0.39, 0.29) is 0 Å². The van der Waals surface area contributed by atoms with E-state index in [9.17, 15) is 0 Å². The third-order valence-corrected chi connectivity index (χ3v) is 2.95. The number of morpholine rings is 1. The van der Waals surface area contributed by atoms with Crippen molar-refractivity contribution in [1.29, 1.82) is 0 Å². The van der Waals surface area contributed by atoms with Gasteiger partial charge in [-0.05, 0) is 19.1 Å². The molecule has 1 aliphatic rings. The topological polar surface area (TPSA) is 76.1 Å². The highest BCUT2D eigenvalue weighted by Gasteiger charge is 2.12. The molecular weight excluding hydrogens is 256 g/mol. The van der Waals surface area contributed by atoms with Gasteiger partial charge in [-0.1, -0.05) is 0 Å². The van der Waals surface area contributed by atoms with E-state index in [4.69, 9.17) is 4.74 Å². The summed E-state index contributed by atoms with van der Waals surface area (Å²) in [5, 5.41) is 11.5. The highest BCUT2D eigenvalue weighted by atomic mass is 16.5. The summed E-state index contributed by atoms with van der Waals surface area (Å²) in [7, 11) is 0. The Hall–Kier alpha value is -2.28. The number of nitrogens with zero attached hydrogens (tertiary/aromatic N) is 5. The number of anilines is 3. The molecule has 0 unspecified atom stereocenters. The van der Waals surface area contributed by atoms with E-state index < -0.39 is 0 Å². The molecule has 1 radical (unpaired) electrons. The molecule has 2 aromatic rings. The van der Waals surface area contributed by atoms with Crippen LogP contribution in [0.15, 0.2) is 18.2 Å². The average molecular weight is 271 g/mol. The number of ether oxygens (including phenoxy) is 1. The number of aromatic nitrogens is 4. The third-order valence-electron chi connectivity index (χ3n) is 2.95. The van der Waals surface area contributed by atoms with Gasteiger partial charge in [0.05, 0.1) is 19.4 Å². The fourth-order valence-electron chi connectivity index (χ4n) is 1.97. The Balaban J connectivity index is 1.69. The van der Waals surface area contributed by atoms with E-state index >= 15 is 0 Å². The normalized spacial score (nSPS) is 15.2. The zero-order valence-corrected chi connectivity index (χ0v) is 11.2. The van der Waals surface area contributed by atoms with Crippen LogP contribution in [0.25, 0.3) is 0 Å². The van der Waals surface area contributed by atoms with Gasteiger partial charge in [0.2, 0.25) is 0 Å². The van der Waals surface area contributed by atoms with Crippen LogP contribution in [-0.4, -0.2) is 46.5 Å². The summed E-state index contributed by atoms with van der Waals surface area (Å²) >= 11 is 0. The highest BCUT2D eigenvalue weighted by Crippen LogP contribution is 2.15. The summed E-state index contributed by atoms with van der Waals surface area (Å²) in [5.74, 6) is 2.83. The fourth-order valence-corrected chi connectivity index (χ4v) is 1.97. The number of hydrogen-bond acceptors (Lipinski definition) is 7. The minimum atomic E-state index is 0.647. The van der Waals surface area contributed by atoms with E-state index in [0.717, 1.165) is 32.1 Å². The molecule has 3 rings (SSSR count). The van der Waals surface area contributed by atoms with Crippen molar-refractivity contribution in [2.45, 2.75) is 6.92 Å². The minimum Gasteiger partial charge on any atom is -0.378 e. The first-order valence-electron chi connectivity index (χ1n) is 6.46. The lowest BCUT2D eigenvalue weighted by Crippen LogP contribution is -2.36. The smallest absolute Gasteiger partial charge is 0.154 e. The Morgan fingerprint density at radius 3 is 2.75 bits per heavy atom. The zero-order valence-electron chi connectivity index (χ0n) is 11.2. The molecule has 1 fully saturated rings. The Bertz CT molecular complexity index is 567. The van der Waals surface area contributed by atoms with Gasteiger partial charge in [-0.15, -0.1) is 10.2 Å². The van der Waals surface area contributed by atoms with Crippen LogP contribution in [0.4, 0.5) is 17.5 Å². The van der Waals surface area contributed by atoms with Gasteiger partial charge in [0.15, 0.2) is 11.6 Å². The van der Waals surface area contributed by atoms with Gasteiger partial charge in [-0.2, -0.15) is 0 Å². The molecule has 1 aliphatic heterocycles. The van der Waals surface area contributed by atoms with Crippen molar-refractivity contribution in [2.75, 3.05) is 36.5 Å². The van der Waals surface area contributed by atoms with Gasteiger partial charge < -0.3 is 15.0 Å². The van der Waals surface area contributed by atoms with Crippen LogP contribution in [0.5, 0.6) is 0 Å². The first-order chi connectivity index (χ1) is 9.81. The Labute approximate surface area is 117 Å². The van der Waals surface area contributed by atoms with Gasteiger partial charge in [0, 0.05) is 19.2 Å². The molecule has 20 heavy (non-hydrogen) atoms. The van der Waals surface area contributed by atoms with Crippen molar-refractivity contribution in [1.82, 2.24) is 20.2 Å². The summed E-state index contributed by atoms with van der Waals surface area (Å²) in [5.41, 5.74) is 0. The Morgan fingerprint density at radius 2 is 2.05 bits per heavy atom. The first kappa shape index (κ1) is 12.7. The summed E-state index contributed by atoms with van der Waals surface area (Å²) in [6.07, 6.45) is 2.77. The highest BCUT2D eigenvalue weighted by molar-refractivity contribution is 5.52. The minimum absolute atomic E-state index is 0.647. The van der Waals surface area contributed by atoms with Crippen LogP contribution in [0.2, 0.25) is 0 Å². The molecule has 0 saturated carbocycles. The average Bonchev–Trinajstić information content (AvgIpc) is 2.49. The second kappa shape index (κ2) is 5.79.